The van der Waals surface area contributed by atoms with Gasteiger partial charge in [0.1, 0.15) is 5.60 Å². The van der Waals surface area contributed by atoms with E-state index in [1.165, 1.54) is 4.90 Å². The summed E-state index contributed by atoms with van der Waals surface area (Å²) in [4.78, 5) is 37.1. The Morgan fingerprint density at radius 3 is 2.21 bits per heavy atom. The van der Waals surface area contributed by atoms with Gasteiger partial charge in [0.05, 0.1) is 12.6 Å². The lowest BCUT2D eigenvalue weighted by atomic mass is 10.0. The van der Waals surface area contributed by atoms with Crippen LogP contribution in [-0.2, 0) is 14.3 Å². The van der Waals surface area contributed by atoms with Gasteiger partial charge in [0, 0.05) is 12.8 Å². The zero-order chi connectivity index (χ0) is 17.9. The second-order valence-electron chi connectivity index (χ2n) is 7.01. The van der Waals surface area contributed by atoms with E-state index in [9.17, 15) is 14.4 Å². The van der Waals surface area contributed by atoms with E-state index in [1.807, 2.05) is 31.2 Å². The number of ether oxygens (including phenoxy) is 1. The van der Waals surface area contributed by atoms with Crippen LogP contribution in [0.5, 0.6) is 0 Å². The highest BCUT2D eigenvalue weighted by Gasteiger charge is 2.32. The topological polar surface area (TPSA) is 75.7 Å². The van der Waals surface area contributed by atoms with E-state index in [2.05, 4.69) is 5.32 Å². The second kappa shape index (κ2) is 7.03. The van der Waals surface area contributed by atoms with Crippen LogP contribution in [0.2, 0.25) is 0 Å². The van der Waals surface area contributed by atoms with Crippen LogP contribution in [0, 0.1) is 6.92 Å². The van der Waals surface area contributed by atoms with Crippen LogP contribution in [0.3, 0.4) is 0 Å². The molecule has 2 rings (SSSR count). The molecule has 6 heteroatoms. The summed E-state index contributed by atoms with van der Waals surface area (Å²) in [5.74, 6) is -0.411. The minimum absolute atomic E-state index is 0.111. The first-order valence-corrected chi connectivity index (χ1v) is 8.05. The Morgan fingerprint density at radius 1 is 1.17 bits per heavy atom. The number of hydrogen-bond acceptors (Lipinski definition) is 4. The Kier molecular flexibility index (Phi) is 5.26. The molecule has 130 valence electrons. The van der Waals surface area contributed by atoms with Crippen molar-refractivity contribution in [3.05, 3.63) is 35.4 Å². The Hall–Kier alpha value is -2.37. The summed E-state index contributed by atoms with van der Waals surface area (Å²) >= 11 is 0. The molecule has 1 unspecified atom stereocenters. The number of carbonyl (C=O) groups excluding carboxylic acids is 3. The smallest absolute Gasteiger partial charge is 0.408 e. The van der Waals surface area contributed by atoms with Crippen molar-refractivity contribution in [3.8, 4) is 0 Å². The molecule has 1 N–H and O–H groups in total. The molecular formula is C18H24N2O4. The number of amides is 3. The van der Waals surface area contributed by atoms with Gasteiger partial charge in [-0.15, -0.1) is 0 Å². The van der Waals surface area contributed by atoms with Crippen LogP contribution in [0.25, 0.3) is 0 Å². The Balaban J connectivity index is 2.18. The van der Waals surface area contributed by atoms with Crippen molar-refractivity contribution in [3.63, 3.8) is 0 Å². The number of aryl methyl sites for hydroxylation is 1. The number of rotatable bonds is 4. The summed E-state index contributed by atoms with van der Waals surface area (Å²) in [6.45, 7) is 7.41. The number of nitrogens with zero attached hydrogens (tertiary/aromatic N) is 1. The molecule has 0 radical (unpaired) electrons. The quantitative estimate of drug-likeness (QED) is 0.860. The standard InChI is InChI=1S/C18H24N2O4/c1-12-5-7-13(8-6-12)14(19-17(23)24-18(2,3)4)11-20-15(21)9-10-16(20)22/h5-8,14H,9-11H2,1-4H3,(H,19,23). The van der Waals surface area contributed by atoms with Crippen molar-refractivity contribution in [1.82, 2.24) is 10.2 Å². The van der Waals surface area contributed by atoms with Gasteiger partial charge < -0.3 is 10.1 Å². The molecule has 1 aromatic rings. The largest absolute Gasteiger partial charge is 0.444 e. The highest BCUT2D eigenvalue weighted by molar-refractivity contribution is 6.02. The van der Waals surface area contributed by atoms with Crippen LogP contribution >= 0.6 is 0 Å². The highest BCUT2D eigenvalue weighted by atomic mass is 16.6. The van der Waals surface area contributed by atoms with Crippen molar-refractivity contribution in [2.75, 3.05) is 6.54 Å². The molecule has 0 aliphatic carbocycles. The molecule has 1 aliphatic heterocycles. The molecule has 1 saturated heterocycles. The van der Waals surface area contributed by atoms with Gasteiger partial charge in [0.25, 0.3) is 0 Å². The molecule has 1 atom stereocenters. The molecule has 1 fully saturated rings. The number of likely N-dealkylation sites (tertiary alicyclic amines) is 1. The van der Waals surface area contributed by atoms with Gasteiger partial charge in [-0.2, -0.15) is 0 Å². The van der Waals surface area contributed by atoms with Crippen molar-refractivity contribution < 1.29 is 19.1 Å². The maximum Gasteiger partial charge on any atom is 0.408 e. The van der Waals surface area contributed by atoms with Crippen LogP contribution in [0.4, 0.5) is 4.79 Å². The maximum atomic E-state index is 12.1. The fourth-order valence-electron chi connectivity index (χ4n) is 2.49. The fraction of sp³-hybridized carbons (Fsp3) is 0.500. The predicted molar refractivity (Wildman–Crippen MR) is 89.2 cm³/mol. The van der Waals surface area contributed by atoms with Crippen molar-refractivity contribution >= 4 is 17.9 Å². The first-order valence-electron chi connectivity index (χ1n) is 8.05. The van der Waals surface area contributed by atoms with Gasteiger partial charge >= 0.3 is 6.09 Å². The minimum Gasteiger partial charge on any atom is -0.444 e. The van der Waals surface area contributed by atoms with Crippen molar-refractivity contribution in [1.29, 1.82) is 0 Å². The zero-order valence-electron chi connectivity index (χ0n) is 14.6. The van der Waals surface area contributed by atoms with E-state index < -0.39 is 17.7 Å². The fourth-order valence-corrected chi connectivity index (χ4v) is 2.49. The number of alkyl carbamates (subject to hydrolysis) is 1. The molecule has 0 aromatic heterocycles. The summed E-state index contributed by atoms with van der Waals surface area (Å²) in [6.07, 6.45) is -0.121. The molecule has 3 amide bonds. The molecule has 24 heavy (non-hydrogen) atoms. The maximum absolute atomic E-state index is 12.1. The molecule has 1 aliphatic rings. The summed E-state index contributed by atoms with van der Waals surface area (Å²) in [7, 11) is 0. The zero-order valence-corrected chi connectivity index (χ0v) is 14.6. The predicted octanol–water partition coefficient (Wildman–Crippen LogP) is 2.71. The number of hydrogen-bond donors (Lipinski definition) is 1. The normalized spacial score (nSPS) is 16.2. The number of carbonyl (C=O) groups is 3. The molecule has 0 saturated carbocycles. The van der Waals surface area contributed by atoms with E-state index >= 15 is 0 Å². The van der Waals surface area contributed by atoms with E-state index in [-0.39, 0.29) is 31.2 Å². The number of imide groups is 1. The monoisotopic (exact) mass is 332 g/mol. The van der Waals surface area contributed by atoms with Crippen LogP contribution in [-0.4, -0.2) is 35.0 Å². The highest BCUT2D eigenvalue weighted by Crippen LogP contribution is 2.21. The molecule has 0 bridgehead atoms. The molecule has 1 aromatic carbocycles. The van der Waals surface area contributed by atoms with Crippen molar-refractivity contribution in [2.24, 2.45) is 0 Å². The summed E-state index contributed by atoms with van der Waals surface area (Å²) in [5.41, 5.74) is 1.28. The van der Waals surface area contributed by atoms with Crippen LogP contribution < -0.4 is 5.32 Å². The van der Waals surface area contributed by atoms with Gasteiger partial charge in [-0.05, 0) is 33.3 Å². The third-order valence-electron chi connectivity index (χ3n) is 3.69. The van der Waals surface area contributed by atoms with Crippen LogP contribution in [0.1, 0.15) is 50.8 Å². The van der Waals surface area contributed by atoms with Gasteiger partial charge in [-0.1, -0.05) is 29.8 Å². The van der Waals surface area contributed by atoms with Gasteiger partial charge in [-0.25, -0.2) is 4.79 Å². The third-order valence-corrected chi connectivity index (χ3v) is 3.69. The lowest BCUT2D eigenvalue weighted by Crippen LogP contribution is -2.42. The van der Waals surface area contributed by atoms with Gasteiger partial charge in [-0.3, -0.25) is 14.5 Å². The first-order chi connectivity index (χ1) is 11.2. The Morgan fingerprint density at radius 2 is 1.71 bits per heavy atom. The van der Waals surface area contributed by atoms with E-state index in [0.29, 0.717) is 0 Å². The Labute approximate surface area is 142 Å². The summed E-state index contributed by atoms with van der Waals surface area (Å²) < 4.78 is 5.29. The van der Waals surface area contributed by atoms with Gasteiger partial charge in [0.2, 0.25) is 11.8 Å². The molecule has 0 spiro atoms. The summed E-state index contributed by atoms with van der Waals surface area (Å²) in [5, 5.41) is 2.77. The molecular weight excluding hydrogens is 308 g/mol. The van der Waals surface area contributed by atoms with E-state index in [0.717, 1.165) is 11.1 Å². The summed E-state index contributed by atoms with van der Waals surface area (Å²) in [6, 6.07) is 7.09. The number of nitrogens with one attached hydrogen (secondary N) is 1. The van der Waals surface area contributed by atoms with E-state index in [4.69, 9.17) is 4.74 Å². The molecule has 6 nitrogen and oxygen atoms in total. The Bertz CT molecular complexity index is 615. The SMILES string of the molecule is Cc1ccc(C(CN2C(=O)CCC2=O)NC(=O)OC(C)(C)C)cc1. The first kappa shape index (κ1) is 18.0. The third kappa shape index (κ3) is 4.81. The van der Waals surface area contributed by atoms with Crippen molar-refractivity contribution in [2.45, 2.75) is 52.2 Å². The minimum atomic E-state index is -0.624. The second-order valence-corrected chi connectivity index (χ2v) is 7.01. The lowest BCUT2D eigenvalue weighted by molar-refractivity contribution is -0.138. The molecule has 1 heterocycles. The van der Waals surface area contributed by atoms with Gasteiger partial charge in [0.15, 0.2) is 0 Å². The lowest BCUT2D eigenvalue weighted by Gasteiger charge is -2.26. The van der Waals surface area contributed by atoms with E-state index in [1.54, 1.807) is 20.8 Å². The van der Waals surface area contributed by atoms with Crippen LogP contribution in [0.15, 0.2) is 24.3 Å². The number of benzene rings is 1. The average molecular weight is 332 g/mol. The average Bonchev–Trinajstić information content (AvgIpc) is 2.77.